The second-order valence-corrected chi connectivity index (χ2v) is 12.3. The maximum absolute atomic E-state index is 14.9. The molecular weight excluding hydrogens is 481 g/mol. The molecule has 1 aliphatic carbocycles. The zero-order valence-electron chi connectivity index (χ0n) is 23.4. The van der Waals surface area contributed by atoms with Crippen LogP contribution in [0.1, 0.15) is 70.4 Å². The van der Waals surface area contributed by atoms with Gasteiger partial charge in [-0.25, -0.2) is 4.39 Å². The number of amides is 2. The molecule has 0 bridgehead atoms. The number of benzene rings is 2. The van der Waals surface area contributed by atoms with Gasteiger partial charge in [0.05, 0.1) is 18.6 Å². The Morgan fingerprint density at radius 3 is 2.61 bits per heavy atom. The van der Waals surface area contributed by atoms with Gasteiger partial charge >= 0.3 is 0 Å². The van der Waals surface area contributed by atoms with Crippen LogP contribution in [-0.2, 0) is 16.0 Å². The van der Waals surface area contributed by atoms with Crippen molar-refractivity contribution in [3.63, 3.8) is 0 Å². The summed E-state index contributed by atoms with van der Waals surface area (Å²) < 4.78 is 21.4. The molecule has 1 heterocycles. The Bertz CT molecular complexity index is 1180. The molecule has 1 saturated carbocycles. The Hall–Kier alpha value is -2.93. The van der Waals surface area contributed by atoms with Crippen LogP contribution >= 0.6 is 0 Å². The summed E-state index contributed by atoms with van der Waals surface area (Å²) in [7, 11) is 2.02. The number of nitrogens with one attached hydrogen (secondary N) is 1. The minimum Gasteiger partial charge on any atom is -0.490 e. The maximum atomic E-state index is 14.9. The van der Waals surface area contributed by atoms with Crippen molar-refractivity contribution in [3.05, 3.63) is 53.3 Å². The molecule has 0 spiro atoms. The lowest BCUT2D eigenvalue weighted by atomic mass is 9.90. The van der Waals surface area contributed by atoms with Gasteiger partial charge in [-0.05, 0) is 84.9 Å². The highest BCUT2D eigenvalue weighted by Crippen LogP contribution is 2.40. The van der Waals surface area contributed by atoms with Crippen molar-refractivity contribution in [2.75, 3.05) is 20.1 Å². The van der Waals surface area contributed by atoms with E-state index in [2.05, 4.69) is 24.1 Å². The molecule has 2 amide bonds. The summed E-state index contributed by atoms with van der Waals surface area (Å²) in [6, 6.07) is 10.6. The van der Waals surface area contributed by atoms with Gasteiger partial charge in [-0.2, -0.15) is 0 Å². The highest BCUT2D eigenvalue weighted by Gasteiger charge is 2.39. The van der Waals surface area contributed by atoms with E-state index >= 15 is 0 Å². The highest BCUT2D eigenvalue weighted by atomic mass is 19.1. The normalized spacial score (nSPS) is 23.1. The summed E-state index contributed by atoms with van der Waals surface area (Å²) in [6.07, 6.45) is 3.69. The first-order valence-corrected chi connectivity index (χ1v) is 13.8. The molecule has 1 unspecified atom stereocenters. The molecule has 1 saturated heterocycles. The Kier molecular flexibility index (Phi) is 8.46. The fourth-order valence-corrected chi connectivity index (χ4v) is 6.25. The zero-order chi connectivity index (χ0) is 27.6. The van der Waals surface area contributed by atoms with Gasteiger partial charge in [0.1, 0.15) is 11.6 Å². The molecule has 38 heavy (non-hydrogen) atoms. The number of primary amides is 1. The molecule has 2 aromatic carbocycles. The van der Waals surface area contributed by atoms with Crippen molar-refractivity contribution in [2.24, 2.45) is 17.1 Å². The molecule has 6 nitrogen and oxygen atoms in total. The number of likely N-dealkylation sites (N-methyl/N-ethyl adjacent to an activating group) is 1. The van der Waals surface area contributed by atoms with Gasteiger partial charge in [-0.1, -0.05) is 45.9 Å². The maximum Gasteiger partial charge on any atom is 0.237 e. The van der Waals surface area contributed by atoms with E-state index in [1.165, 1.54) is 6.07 Å². The summed E-state index contributed by atoms with van der Waals surface area (Å²) in [4.78, 5) is 26.6. The molecule has 0 radical (unpaired) electrons. The molecule has 7 heteroatoms. The summed E-state index contributed by atoms with van der Waals surface area (Å²) in [6.45, 7) is 9.92. The van der Waals surface area contributed by atoms with Gasteiger partial charge in [-0.15, -0.1) is 0 Å². The van der Waals surface area contributed by atoms with Gasteiger partial charge in [0, 0.05) is 18.7 Å². The van der Waals surface area contributed by atoms with Crippen LogP contribution in [0.15, 0.2) is 36.4 Å². The van der Waals surface area contributed by atoms with Gasteiger partial charge in [0.25, 0.3) is 0 Å². The number of likely N-dealkylation sites (tertiary alicyclic amines) is 1. The number of ether oxygens (including phenoxy) is 1. The van der Waals surface area contributed by atoms with Crippen LogP contribution in [0.3, 0.4) is 0 Å². The molecule has 1 aliphatic heterocycles. The first kappa shape index (κ1) is 28.1. The lowest BCUT2D eigenvalue weighted by molar-refractivity contribution is -0.125. The Balaban J connectivity index is 1.47. The van der Waals surface area contributed by atoms with Crippen LogP contribution in [-0.4, -0.2) is 49.0 Å². The van der Waals surface area contributed by atoms with Crippen LogP contribution in [0.4, 0.5) is 4.39 Å². The van der Waals surface area contributed by atoms with E-state index < -0.39 is 5.91 Å². The van der Waals surface area contributed by atoms with Crippen LogP contribution < -0.4 is 15.8 Å². The Morgan fingerprint density at radius 2 is 1.95 bits per heavy atom. The van der Waals surface area contributed by atoms with E-state index in [4.69, 9.17) is 10.5 Å². The van der Waals surface area contributed by atoms with Crippen molar-refractivity contribution in [1.82, 2.24) is 10.2 Å². The molecule has 3 atom stereocenters. The molecule has 2 fully saturated rings. The minimum atomic E-state index is -0.416. The van der Waals surface area contributed by atoms with Crippen LogP contribution in [0, 0.1) is 17.2 Å². The molecule has 3 N–H and O–H groups in total. The number of halogens is 1. The zero-order valence-corrected chi connectivity index (χ0v) is 23.4. The first-order valence-electron chi connectivity index (χ1n) is 13.8. The van der Waals surface area contributed by atoms with Gasteiger partial charge in [0.15, 0.2) is 0 Å². The third kappa shape index (κ3) is 6.55. The summed E-state index contributed by atoms with van der Waals surface area (Å²) >= 11 is 0. The number of nitrogens with two attached hydrogens (primary N) is 1. The van der Waals surface area contributed by atoms with E-state index in [-0.39, 0.29) is 41.6 Å². The number of hydrogen-bond donors (Lipinski definition) is 2. The molecule has 2 aromatic rings. The van der Waals surface area contributed by atoms with E-state index in [0.29, 0.717) is 23.8 Å². The Labute approximate surface area is 226 Å². The van der Waals surface area contributed by atoms with E-state index in [0.717, 1.165) is 48.9 Å². The molecule has 4 rings (SSSR count). The summed E-state index contributed by atoms with van der Waals surface area (Å²) in [5.41, 5.74) is 8.54. The van der Waals surface area contributed by atoms with Crippen molar-refractivity contribution in [2.45, 2.75) is 77.9 Å². The number of carbonyl (C=O) groups is 2. The molecule has 206 valence electrons. The van der Waals surface area contributed by atoms with Crippen LogP contribution in [0.5, 0.6) is 5.75 Å². The third-order valence-corrected chi connectivity index (χ3v) is 7.95. The average Bonchev–Trinajstić information content (AvgIpc) is 3.39. The second kappa shape index (κ2) is 11.4. The largest absolute Gasteiger partial charge is 0.490 e. The fourth-order valence-electron chi connectivity index (χ4n) is 6.25. The summed E-state index contributed by atoms with van der Waals surface area (Å²) in [5.74, 6) is 0.444. The number of rotatable bonds is 9. The predicted octanol–water partition coefficient (Wildman–Crippen LogP) is 5.04. The first-order chi connectivity index (χ1) is 17.9. The van der Waals surface area contributed by atoms with E-state index in [1.807, 2.05) is 45.2 Å². The van der Waals surface area contributed by atoms with Crippen molar-refractivity contribution < 1.29 is 18.7 Å². The van der Waals surface area contributed by atoms with Gasteiger partial charge in [-0.3, -0.25) is 14.5 Å². The quantitative estimate of drug-likeness (QED) is 0.482. The smallest absolute Gasteiger partial charge is 0.237 e. The summed E-state index contributed by atoms with van der Waals surface area (Å²) in [5, 5.41) is 3.19. The standard InChI is InChI=1S/C31H42FN3O3/c1-19(2)29-23(7-6-8-25(29)32)24-14-20(15-28(33)36)10-12-27(24)38-22-11-9-21(13-22)17-34-30(37)26-16-31(3,4)18-35(26)5/h6-8,10,12,14,19,21-22,26H,9,11,13,15-18H2,1-5H3,(H2,33,36)(H,34,37)/t21?,22-,26+/m1/s1. The minimum absolute atomic E-state index is 0.00166. The lowest BCUT2D eigenvalue weighted by Gasteiger charge is -2.21. The van der Waals surface area contributed by atoms with Crippen LogP contribution in [0.2, 0.25) is 0 Å². The van der Waals surface area contributed by atoms with E-state index in [9.17, 15) is 14.0 Å². The molecular formula is C31H42FN3O3. The predicted molar refractivity (Wildman–Crippen MR) is 148 cm³/mol. The topological polar surface area (TPSA) is 84.7 Å². The van der Waals surface area contributed by atoms with Crippen molar-refractivity contribution in [3.8, 4) is 16.9 Å². The number of hydrogen-bond acceptors (Lipinski definition) is 4. The van der Waals surface area contributed by atoms with Gasteiger partial charge in [0.2, 0.25) is 11.8 Å². The molecule has 2 aliphatic rings. The fraction of sp³-hybridized carbons (Fsp3) is 0.548. The Morgan fingerprint density at radius 1 is 1.18 bits per heavy atom. The van der Waals surface area contributed by atoms with Crippen LogP contribution in [0.25, 0.3) is 11.1 Å². The monoisotopic (exact) mass is 523 g/mol. The number of nitrogens with zero attached hydrogens (tertiary/aromatic N) is 1. The number of carbonyl (C=O) groups excluding carboxylic acids is 2. The van der Waals surface area contributed by atoms with E-state index in [1.54, 1.807) is 6.07 Å². The van der Waals surface area contributed by atoms with Crippen molar-refractivity contribution >= 4 is 11.8 Å². The second-order valence-electron chi connectivity index (χ2n) is 12.3. The molecule has 0 aromatic heterocycles. The van der Waals surface area contributed by atoms with Gasteiger partial charge < -0.3 is 15.8 Å². The SMILES string of the molecule is CC(C)c1c(F)cccc1-c1cc(CC(N)=O)ccc1O[C@@H]1CCC(CNC(=O)[C@@H]2CC(C)(C)CN2C)C1. The lowest BCUT2D eigenvalue weighted by Crippen LogP contribution is -2.42. The third-order valence-electron chi connectivity index (χ3n) is 7.95. The highest BCUT2D eigenvalue weighted by molar-refractivity contribution is 5.82. The average molecular weight is 524 g/mol. The van der Waals surface area contributed by atoms with Crippen molar-refractivity contribution in [1.29, 1.82) is 0 Å².